The van der Waals surface area contributed by atoms with Crippen LogP contribution in [0, 0.1) is 6.92 Å². The van der Waals surface area contributed by atoms with Crippen molar-refractivity contribution in [3.8, 4) is 5.75 Å². The fourth-order valence-electron chi connectivity index (χ4n) is 3.40. The zero-order chi connectivity index (χ0) is 23.3. The number of carbonyl (C=O) groups is 2. The van der Waals surface area contributed by atoms with Crippen molar-refractivity contribution in [2.75, 3.05) is 44.0 Å². The maximum atomic E-state index is 13.1. The summed E-state index contributed by atoms with van der Waals surface area (Å²) in [5, 5.41) is 5.48. The normalized spacial score (nSPS) is 14.6. The number of nitrogens with zero attached hydrogens (tertiary/aromatic N) is 1. The first-order chi connectivity index (χ1) is 15.2. The van der Waals surface area contributed by atoms with Crippen LogP contribution in [0.2, 0.25) is 0 Å². The van der Waals surface area contributed by atoms with E-state index >= 15 is 0 Å². The molecular formula is C22H27N3O6S. The van der Waals surface area contributed by atoms with Crippen LogP contribution in [0.15, 0.2) is 41.3 Å². The van der Waals surface area contributed by atoms with Crippen LogP contribution in [-0.4, -0.2) is 58.0 Å². The van der Waals surface area contributed by atoms with Gasteiger partial charge in [-0.05, 0) is 42.3 Å². The van der Waals surface area contributed by atoms with Gasteiger partial charge in [-0.15, -0.1) is 0 Å². The number of hydrogen-bond acceptors (Lipinski definition) is 6. The lowest BCUT2D eigenvalue weighted by Crippen LogP contribution is -2.40. The van der Waals surface area contributed by atoms with E-state index in [0.29, 0.717) is 30.2 Å². The van der Waals surface area contributed by atoms with Crippen LogP contribution in [0.3, 0.4) is 0 Å². The molecule has 3 rings (SSSR count). The smallest absolute Gasteiger partial charge is 0.246 e. The highest BCUT2D eigenvalue weighted by atomic mass is 32.2. The zero-order valence-electron chi connectivity index (χ0n) is 18.3. The van der Waals surface area contributed by atoms with Crippen LogP contribution in [0.25, 0.3) is 0 Å². The average molecular weight is 462 g/mol. The van der Waals surface area contributed by atoms with Crippen molar-refractivity contribution in [1.29, 1.82) is 0 Å². The van der Waals surface area contributed by atoms with Crippen LogP contribution in [0.1, 0.15) is 18.1 Å². The fraction of sp³-hybridized carbons (Fsp3) is 0.364. The van der Waals surface area contributed by atoms with Gasteiger partial charge in [0, 0.05) is 20.0 Å². The summed E-state index contributed by atoms with van der Waals surface area (Å²) in [5.41, 5.74) is 2.39. The average Bonchev–Trinajstić information content (AvgIpc) is 2.76. The maximum absolute atomic E-state index is 13.1. The summed E-state index contributed by atoms with van der Waals surface area (Å²) in [6.07, 6.45) is -0.0525. The molecule has 0 unspecified atom stereocenters. The third-order valence-electron chi connectivity index (χ3n) is 4.94. The van der Waals surface area contributed by atoms with Crippen molar-refractivity contribution in [1.82, 2.24) is 4.31 Å². The monoisotopic (exact) mass is 461 g/mol. The van der Waals surface area contributed by atoms with Gasteiger partial charge in [0.2, 0.25) is 21.8 Å². The number of amides is 2. The lowest BCUT2D eigenvalue weighted by atomic mass is 10.1. The fourth-order valence-corrected chi connectivity index (χ4v) is 5.01. The molecule has 0 radical (unpaired) electrons. The number of benzene rings is 2. The number of methoxy groups -OCH3 is 1. The van der Waals surface area contributed by atoms with Crippen molar-refractivity contribution >= 4 is 33.2 Å². The molecule has 1 saturated heterocycles. The SMILES string of the molecule is COc1ccc(CC(=O)Nc2cc(C)ccc2NC(C)=O)cc1S(=O)(=O)N1CCOCC1. The van der Waals surface area contributed by atoms with E-state index in [0.717, 1.165) is 5.56 Å². The lowest BCUT2D eigenvalue weighted by Gasteiger charge is -2.26. The Morgan fingerprint density at radius 3 is 2.44 bits per heavy atom. The molecule has 9 nitrogen and oxygen atoms in total. The number of sulfonamides is 1. The Morgan fingerprint density at radius 2 is 1.78 bits per heavy atom. The van der Waals surface area contributed by atoms with E-state index in [1.54, 1.807) is 24.3 Å². The van der Waals surface area contributed by atoms with Gasteiger partial charge in [-0.25, -0.2) is 8.42 Å². The Balaban J connectivity index is 1.83. The van der Waals surface area contributed by atoms with E-state index < -0.39 is 10.0 Å². The highest BCUT2D eigenvalue weighted by Gasteiger charge is 2.29. The molecule has 0 aromatic heterocycles. The molecule has 0 bridgehead atoms. The van der Waals surface area contributed by atoms with Crippen LogP contribution in [0.4, 0.5) is 11.4 Å². The van der Waals surface area contributed by atoms with Crippen molar-refractivity contribution in [3.63, 3.8) is 0 Å². The molecule has 32 heavy (non-hydrogen) atoms. The summed E-state index contributed by atoms with van der Waals surface area (Å²) in [5.74, 6) is -0.383. The van der Waals surface area contributed by atoms with E-state index in [1.165, 1.54) is 24.4 Å². The third kappa shape index (κ3) is 5.64. The minimum Gasteiger partial charge on any atom is -0.495 e. The second-order valence-corrected chi connectivity index (χ2v) is 9.36. The number of rotatable bonds is 7. The third-order valence-corrected chi connectivity index (χ3v) is 6.86. The standard InChI is InChI=1S/C22H27N3O6S/c1-15-4-6-18(23-16(2)26)19(12-15)24-22(27)14-17-5-7-20(30-3)21(13-17)32(28,29)25-8-10-31-11-9-25/h4-7,12-13H,8-11,14H2,1-3H3,(H,23,26)(H,24,27). The zero-order valence-corrected chi connectivity index (χ0v) is 19.1. The second kappa shape index (κ2) is 10.1. The minimum absolute atomic E-state index is 0.0155. The number of nitrogens with one attached hydrogen (secondary N) is 2. The van der Waals surface area contributed by atoms with Crippen molar-refractivity contribution < 1.29 is 27.5 Å². The lowest BCUT2D eigenvalue weighted by molar-refractivity contribution is -0.116. The first-order valence-electron chi connectivity index (χ1n) is 10.1. The second-order valence-electron chi connectivity index (χ2n) is 7.46. The molecule has 1 fully saturated rings. The number of aryl methyl sites for hydroxylation is 1. The first-order valence-corrected chi connectivity index (χ1v) is 11.6. The summed E-state index contributed by atoms with van der Waals surface area (Å²) < 4.78 is 38.1. The van der Waals surface area contributed by atoms with Gasteiger partial charge in [-0.2, -0.15) is 4.31 Å². The van der Waals surface area contributed by atoms with Crippen molar-refractivity contribution in [2.45, 2.75) is 25.2 Å². The molecule has 1 aliphatic rings. The summed E-state index contributed by atoms with van der Waals surface area (Å²) in [6, 6.07) is 9.96. The van der Waals surface area contributed by atoms with Gasteiger partial charge in [0.05, 0.1) is 38.1 Å². The number of carbonyl (C=O) groups excluding carboxylic acids is 2. The summed E-state index contributed by atoms with van der Waals surface area (Å²) in [6.45, 7) is 4.44. The molecule has 0 saturated carbocycles. The number of morpholine rings is 1. The van der Waals surface area contributed by atoms with E-state index in [2.05, 4.69) is 10.6 Å². The van der Waals surface area contributed by atoms with Gasteiger partial charge < -0.3 is 20.1 Å². The quantitative estimate of drug-likeness (QED) is 0.653. The van der Waals surface area contributed by atoms with Crippen molar-refractivity contribution in [3.05, 3.63) is 47.5 Å². The Labute approximate surface area is 187 Å². The first kappa shape index (κ1) is 23.7. The minimum atomic E-state index is -3.80. The van der Waals surface area contributed by atoms with Gasteiger partial charge in [0.1, 0.15) is 10.6 Å². The summed E-state index contributed by atoms with van der Waals surface area (Å²) in [4.78, 5) is 24.2. The molecule has 0 spiro atoms. The van der Waals surface area contributed by atoms with Crippen LogP contribution >= 0.6 is 0 Å². The van der Waals surface area contributed by atoms with Crippen LogP contribution in [0.5, 0.6) is 5.75 Å². The molecule has 1 heterocycles. The Morgan fingerprint density at radius 1 is 1.06 bits per heavy atom. The summed E-state index contributed by atoms with van der Waals surface area (Å²) >= 11 is 0. The molecular weight excluding hydrogens is 434 g/mol. The molecule has 2 aromatic carbocycles. The largest absolute Gasteiger partial charge is 0.495 e. The van der Waals surface area contributed by atoms with Crippen LogP contribution in [-0.2, 0) is 30.8 Å². The van der Waals surface area contributed by atoms with Gasteiger partial charge in [-0.1, -0.05) is 12.1 Å². The predicted octanol–water partition coefficient (Wildman–Crippen LogP) is 2.16. The highest BCUT2D eigenvalue weighted by molar-refractivity contribution is 7.89. The van der Waals surface area contributed by atoms with E-state index in [4.69, 9.17) is 9.47 Å². The number of anilines is 2. The molecule has 1 aliphatic heterocycles. The molecule has 0 aliphatic carbocycles. The van der Waals surface area contributed by atoms with Gasteiger partial charge >= 0.3 is 0 Å². The molecule has 10 heteroatoms. The van der Waals surface area contributed by atoms with Crippen LogP contribution < -0.4 is 15.4 Å². The molecule has 172 valence electrons. The van der Waals surface area contributed by atoms with Gasteiger partial charge in [-0.3, -0.25) is 9.59 Å². The van der Waals surface area contributed by atoms with E-state index in [9.17, 15) is 18.0 Å². The van der Waals surface area contributed by atoms with Gasteiger partial charge in [0.25, 0.3) is 0 Å². The van der Waals surface area contributed by atoms with Crippen molar-refractivity contribution in [2.24, 2.45) is 0 Å². The molecule has 2 N–H and O–H groups in total. The Bertz CT molecular complexity index is 1110. The van der Waals surface area contributed by atoms with Gasteiger partial charge in [0.15, 0.2) is 0 Å². The van der Waals surface area contributed by atoms with E-state index in [-0.39, 0.29) is 42.0 Å². The molecule has 2 aromatic rings. The number of hydrogen-bond donors (Lipinski definition) is 2. The Hall–Kier alpha value is -2.95. The maximum Gasteiger partial charge on any atom is 0.246 e. The molecule has 0 atom stereocenters. The van der Waals surface area contributed by atoms with E-state index in [1.807, 2.05) is 13.0 Å². The highest BCUT2D eigenvalue weighted by Crippen LogP contribution is 2.29. The Kier molecular flexibility index (Phi) is 7.49. The predicted molar refractivity (Wildman–Crippen MR) is 120 cm³/mol. The molecule has 2 amide bonds. The summed E-state index contributed by atoms with van der Waals surface area (Å²) in [7, 11) is -2.39. The number of ether oxygens (including phenoxy) is 2. The topological polar surface area (TPSA) is 114 Å².